The Labute approximate surface area is 168 Å². The minimum Gasteiger partial charge on any atom is -0.484 e. The Morgan fingerprint density at radius 2 is 1.55 bits per heavy atom. The van der Waals surface area contributed by atoms with Crippen molar-refractivity contribution < 1.29 is 18.7 Å². The average molecular weight is 392 g/mol. The van der Waals surface area contributed by atoms with Crippen LogP contribution in [0.2, 0.25) is 0 Å². The molecule has 0 atom stereocenters. The van der Waals surface area contributed by atoms with Crippen LogP contribution in [0, 0.1) is 5.82 Å². The highest BCUT2D eigenvalue weighted by atomic mass is 19.1. The molecule has 29 heavy (non-hydrogen) atoms. The molecule has 5 nitrogen and oxygen atoms in total. The van der Waals surface area contributed by atoms with Gasteiger partial charge in [-0.15, -0.1) is 0 Å². The van der Waals surface area contributed by atoms with E-state index < -0.39 is 5.82 Å². The Bertz CT molecular complexity index is 1040. The van der Waals surface area contributed by atoms with E-state index in [-0.39, 0.29) is 18.4 Å². The Balaban J connectivity index is 1.30. The normalized spacial score (nSPS) is 14.1. The molecule has 4 rings (SSSR count). The van der Waals surface area contributed by atoms with E-state index in [1.54, 1.807) is 15.9 Å². The van der Waals surface area contributed by atoms with Crippen molar-refractivity contribution in [2.24, 2.45) is 0 Å². The number of halogens is 1. The molecule has 2 amide bonds. The van der Waals surface area contributed by atoms with Gasteiger partial charge < -0.3 is 14.5 Å². The van der Waals surface area contributed by atoms with Crippen LogP contribution < -0.4 is 4.74 Å². The second kappa shape index (κ2) is 8.31. The first-order valence-corrected chi connectivity index (χ1v) is 9.54. The van der Waals surface area contributed by atoms with Gasteiger partial charge in [0.1, 0.15) is 11.6 Å². The maximum absolute atomic E-state index is 13.3. The Kier molecular flexibility index (Phi) is 5.42. The van der Waals surface area contributed by atoms with Crippen molar-refractivity contribution in [1.29, 1.82) is 0 Å². The fourth-order valence-corrected chi connectivity index (χ4v) is 3.46. The van der Waals surface area contributed by atoms with Gasteiger partial charge in [-0.1, -0.05) is 36.4 Å². The highest BCUT2D eigenvalue weighted by molar-refractivity contribution is 5.94. The third kappa shape index (κ3) is 4.37. The summed E-state index contributed by atoms with van der Waals surface area (Å²) >= 11 is 0. The molecule has 0 radical (unpaired) electrons. The van der Waals surface area contributed by atoms with Gasteiger partial charge in [-0.3, -0.25) is 9.59 Å². The SMILES string of the molecule is O=C(COc1ccc2ccccc2c1)N1CCN(C(=O)c2cccc(F)c2)CC1. The summed E-state index contributed by atoms with van der Waals surface area (Å²) in [6, 6.07) is 19.4. The minimum atomic E-state index is -0.435. The lowest BCUT2D eigenvalue weighted by molar-refractivity contribution is -0.134. The zero-order valence-corrected chi connectivity index (χ0v) is 15.9. The summed E-state index contributed by atoms with van der Waals surface area (Å²) in [7, 11) is 0. The summed E-state index contributed by atoms with van der Waals surface area (Å²) in [6.07, 6.45) is 0. The van der Waals surface area contributed by atoms with Crippen molar-refractivity contribution in [1.82, 2.24) is 9.80 Å². The molecular weight excluding hydrogens is 371 g/mol. The molecule has 1 saturated heterocycles. The maximum Gasteiger partial charge on any atom is 0.260 e. The standard InChI is InChI=1S/C23H21FN2O3/c24-20-7-3-6-19(14-20)23(28)26-12-10-25(11-13-26)22(27)16-29-21-9-8-17-4-1-2-5-18(17)15-21/h1-9,14-15H,10-13,16H2. The van der Waals surface area contributed by atoms with Crippen LogP contribution in [0.1, 0.15) is 10.4 Å². The number of rotatable bonds is 4. The number of amides is 2. The summed E-state index contributed by atoms with van der Waals surface area (Å²) in [5.74, 6) is -0.118. The van der Waals surface area contributed by atoms with Crippen molar-refractivity contribution in [3.05, 3.63) is 78.1 Å². The van der Waals surface area contributed by atoms with E-state index in [2.05, 4.69) is 0 Å². The van der Waals surface area contributed by atoms with E-state index in [1.165, 1.54) is 18.2 Å². The quantitative estimate of drug-likeness (QED) is 0.684. The van der Waals surface area contributed by atoms with E-state index in [1.807, 2.05) is 42.5 Å². The van der Waals surface area contributed by atoms with Crippen molar-refractivity contribution in [3.63, 3.8) is 0 Å². The maximum atomic E-state index is 13.3. The predicted octanol–water partition coefficient (Wildman–Crippen LogP) is 3.34. The molecular formula is C23H21FN2O3. The van der Waals surface area contributed by atoms with E-state index in [0.29, 0.717) is 37.5 Å². The molecule has 0 aliphatic carbocycles. The molecule has 1 aliphatic heterocycles. The van der Waals surface area contributed by atoms with Crippen molar-refractivity contribution in [2.75, 3.05) is 32.8 Å². The number of fused-ring (bicyclic) bond motifs is 1. The zero-order valence-electron chi connectivity index (χ0n) is 15.9. The molecule has 0 bridgehead atoms. The van der Waals surface area contributed by atoms with Gasteiger partial charge in [-0.25, -0.2) is 4.39 Å². The van der Waals surface area contributed by atoms with Crippen LogP contribution in [0.5, 0.6) is 5.75 Å². The van der Waals surface area contributed by atoms with Crippen molar-refractivity contribution >= 4 is 22.6 Å². The molecule has 1 heterocycles. The van der Waals surface area contributed by atoms with Crippen LogP contribution >= 0.6 is 0 Å². The first kappa shape index (κ1) is 18.9. The molecule has 0 N–H and O–H groups in total. The van der Waals surface area contributed by atoms with Gasteiger partial charge in [0.05, 0.1) is 0 Å². The van der Waals surface area contributed by atoms with E-state index in [0.717, 1.165) is 10.8 Å². The first-order valence-electron chi connectivity index (χ1n) is 9.54. The zero-order chi connectivity index (χ0) is 20.2. The molecule has 1 aliphatic rings. The smallest absolute Gasteiger partial charge is 0.260 e. The van der Waals surface area contributed by atoms with Crippen LogP contribution in [-0.4, -0.2) is 54.4 Å². The number of hydrogen-bond donors (Lipinski definition) is 0. The summed E-state index contributed by atoms with van der Waals surface area (Å²) in [5, 5.41) is 2.17. The first-order chi connectivity index (χ1) is 14.1. The highest BCUT2D eigenvalue weighted by Gasteiger charge is 2.25. The Hall–Kier alpha value is -3.41. The monoisotopic (exact) mass is 392 g/mol. The van der Waals surface area contributed by atoms with Crippen LogP contribution in [0.25, 0.3) is 10.8 Å². The van der Waals surface area contributed by atoms with Crippen LogP contribution in [0.3, 0.4) is 0 Å². The molecule has 0 unspecified atom stereocenters. The molecule has 0 saturated carbocycles. The third-order valence-electron chi connectivity index (χ3n) is 5.07. The van der Waals surface area contributed by atoms with E-state index >= 15 is 0 Å². The second-order valence-electron chi connectivity index (χ2n) is 6.98. The lowest BCUT2D eigenvalue weighted by Crippen LogP contribution is -2.51. The number of piperazine rings is 1. The van der Waals surface area contributed by atoms with Gasteiger partial charge in [0.15, 0.2) is 6.61 Å². The van der Waals surface area contributed by atoms with Crippen LogP contribution in [0.15, 0.2) is 66.7 Å². The van der Waals surface area contributed by atoms with Gasteiger partial charge in [-0.2, -0.15) is 0 Å². The fourth-order valence-electron chi connectivity index (χ4n) is 3.46. The van der Waals surface area contributed by atoms with E-state index in [4.69, 9.17) is 4.74 Å². The summed E-state index contributed by atoms with van der Waals surface area (Å²) in [6.45, 7) is 1.65. The number of benzene rings is 3. The minimum absolute atomic E-state index is 0.0455. The summed E-state index contributed by atoms with van der Waals surface area (Å²) in [5.41, 5.74) is 0.324. The highest BCUT2D eigenvalue weighted by Crippen LogP contribution is 2.20. The summed E-state index contributed by atoms with van der Waals surface area (Å²) in [4.78, 5) is 28.3. The molecule has 1 fully saturated rings. The second-order valence-corrected chi connectivity index (χ2v) is 6.98. The molecule has 148 valence electrons. The van der Waals surface area contributed by atoms with Gasteiger partial charge in [0.25, 0.3) is 11.8 Å². The lowest BCUT2D eigenvalue weighted by atomic mass is 10.1. The lowest BCUT2D eigenvalue weighted by Gasteiger charge is -2.34. The number of carbonyl (C=O) groups is 2. The number of hydrogen-bond acceptors (Lipinski definition) is 3. The number of ether oxygens (including phenoxy) is 1. The molecule has 3 aromatic carbocycles. The largest absolute Gasteiger partial charge is 0.484 e. The van der Waals surface area contributed by atoms with Crippen molar-refractivity contribution in [3.8, 4) is 5.75 Å². The van der Waals surface area contributed by atoms with Gasteiger partial charge >= 0.3 is 0 Å². The topological polar surface area (TPSA) is 49.9 Å². The predicted molar refractivity (Wildman–Crippen MR) is 108 cm³/mol. The number of nitrogens with zero attached hydrogens (tertiary/aromatic N) is 2. The van der Waals surface area contributed by atoms with Crippen LogP contribution in [-0.2, 0) is 4.79 Å². The van der Waals surface area contributed by atoms with Gasteiger partial charge in [0.2, 0.25) is 0 Å². The third-order valence-corrected chi connectivity index (χ3v) is 5.07. The molecule has 3 aromatic rings. The van der Waals surface area contributed by atoms with Gasteiger partial charge in [-0.05, 0) is 41.1 Å². The molecule has 0 spiro atoms. The fraction of sp³-hybridized carbons (Fsp3) is 0.217. The average Bonchev–Trinajstić information content (AvgIpc) is 2.77. The van der Waals surface area contributed by atoms with E-state index in [9.17, 15) is 14.0 Å². The van der Waals surface area contributed by atoms with Crippen molar-refractivity contribution in [2.45, 2.75) is 0 Å². The Morgan fingerprint density at radius 3 is 2.31 bits per heavy atom. The summed E-state index contributed by atoms with van der Waals surface area (Å²) < 4.78 is 19.0. The van der Waals surface area contributed by atoms with Crippen LogP contribution in [0.4, 0.5) is 4.39 Å². The molecule has 6 heteroatoms. The molecule has 0 aromatic heterocycles. The Morgan fingerprint density at radius 1 is 0.828 bits per heavy atom. The number of carbonyl (C=O) groups excluding carboxylic acids is 2. The van der Waals surface area contributed by atoms with Gasteiger partial charge in [0, 0.05) is 31.7 Å².